The molecule has 0 spiro atoms. The van der Waals surface area contributed by atoms with Crippen molar-refractivity contribution in [1.82, 2.24) is 9.78 Å². The zero-order valence-electron chi connectivity index (χ0n) is 20.9. The van der Waals surface area contributed by atoms with E-state index in [9.17, 15) is 0 Å². The molecule has 5 aromatic carbocycles. The predicted molar refractivity (Wildman–Crippen MR) is 149 cm³/mol. The smallest absolute Gasteiger partial charge is 0.161 e. The molecule has 0 aliphatic heterocycles. The first-order valence-corrected chi connectivity index (χ1v) is 12.1. The van der Waals surface area contributed by atoms with Crippen LogP contribution >= 0.6 is 0 Å². The number of hydrogen-bond acceptors (Lipinski definition) is 4. The third kappa shape index (κ3) is 3.85. The molecule has 0 N–H and O–H groups in total. The van der Waals surface area contributed by atoms with Gasteiger partial charge in [0, 0.05) is 16.3 Å². The van der Waals surface area contributed by atoms with Crippen molar-refractivity contribution in [3.8, 4) is 45.3 Å². The van der Waals surface area contributed by atoms with Gasteiger partial charge in [0.25, 0.3) is 0 Å². The van der Waals surface area contributed by atoms with Crippen LogP contribution in [0.5, 0.6) is 17.2 Å². The molecule has 37 heavy (non-hydrogen) atoms. The Balaban J connectivity index is 1.81. The lowest BCUT2D eigenvalue weighted by Crippen LogP contribution is -1.97. The molecule has 0 aliphatic rings. The third-order valence-electron chi connectivity index (χ3n) is 6.71. The molecule has 0 atom stereocenters. The zero-order valence-corrected chi connectivity index (χ0v) is 20.9. The Morgan fingerprint density at radius 2 is 1.27 bits per heavy atom. The molecule has 5 heteroatoms. The Morgan fingerprint density at radius 3 is 1.92 bits per heavy atom. The lowest BCUT2D eigenvalue weighted by atomic mass is 9.93. The van der Waals surface area contributed by atoms with Crippen LogP contribution in [0.25, 0.3) is 49.7 Å². The minimum atomic E-state index is 0.676. The maximum Gasteiger partial charge on any atom is 0.161 e. The molecule has 0 amide bonds. The van der Waals surface area contributed by atoms with Crippen molar-refractivity contribution < 1.29 is 14.2 Å². The maximum atomic E-state index is 5.70. The lowest BCUT2D eigenvalue weighted by Gasteiger charge is -2.14. The highest BCUT2D eigenvalue weighted by Crippen LogP contribution is 2.44. The van der Waals surface area contributed by atoms with Crippen LogP contribution in [0.15, 0.2) is 103 Å². The molecule has 0 aliphatic carbocycles. The minimum absolute atomic E-state index is 0.676. The molecule has 0 fully saturated rings. The van der Waals surface area contributed by atoms with Crippen LogP contribution in [0.1, 0.15) is 0 Å². The van der Waals surface area contributed by atoms with Crippen LogP contribution in [-0.4, -0.2) is 31.1 Å². The largest absolute Gasteiger partial charge is 0.497 e. The summed E-state index contributed by atoms with van der Waals surface area (Å²) in [5.74, 6) is 2.18. The monoisotopic (exact) mass is 486 g/mol. The van der Waals surface area contributed by atoms with Crippen molar-refractivity contribution in [2.75, 3.05) is 21.3 Å². The number of nitrogens with zero attached hydrogens (tertiary/aromatic N) is 2. The number of hydrogen-bond donors (Lipinski definition) is 0. The summed E-state index contributed by atoms with van der Waals surface area (Å²) in [5.41, 5.74) is 6.12. The van der Waals surface area contributed by atoms with E-state index in [4.69, 9.17) is 19.3 Å². The van der Waals surface area contributed by atoms with E-state index in [0.29, 0.717) is 11.5 Å². The summed E-state index contributed by atoms with van der Waals surface area (Å²) in [7, 11) is 5.01. The van der Waals surface area contributed by atoms with Gasteiger partial charge in [-0.05, 0) is 59.0 Å². The average Bonchev–Trinajstić information content (AvgIpc) is 3.38. The van der Waals surface area contributed by atoms with Crippen LogP contribution in [0, 0.1) is 0 Å². The van der Waals surface area contributed by atoms with Gasteiger partial charge in [-0.25, -0.2) is 4.68 Å². The summed E-state index contributed by atoms with van der Waals surface area (Å²) < 4.78 is 18.8. The van der Waals surface area contributed by atoms with Gasteiger partial charge in [-0.15, -0.1) is 0 Å². The Hall–Kier alpha value is -4.77. The summed E-state index contributed by atoms with van der Waals surface area (Å²) in [4.78, 5) is 0. The molecule has 182 valence electrons. The first kappa shape index (κ1) is 22.7. The van der Waals surface area contributed by atoms with Crippen molar-refractivity contribution in [2.45, 2.75) is 0 Å². The first-order chi connectivity index (χ1) is 18.2. The van der Waals surface area contributed by atoms with Gasteiger partial charge in [-0.2, -0.15) is 5.10 Å². The van der Waals surface area contributed by atoms with Crippen LogP contribution in [0.3, 0.4) is 0 Å². The normalized spacial score (nSPS) is 11.1. The molecule has 0 bridgehead atoms. The van der Waals surface area contributed by atoms with E-state index in [-0.39, 0.29) is 0 Å². The highest BCUT2D eigenvalue weighted by atomic mass is 16.5. The molecule has 5 nitrogen and oxygen atoms in total. The molecular weight excluding hydrogens is 460 g/mol. The number of para-hydroxylation sites is 1. The topological polar surface area (TPSA) is 45.5 Å². The van der Waals surface area contributed by atoms with Gasteiger partial charge in [0.2, 0.25) is 0 Å². The summed E-state index contributed by atoms with van der Waals surface area (Å²) in [6, 6.07) is 35.0. The Labute approximate surface area is 215 Å². The maximum absolute atomic E-state index is 5.70. The van der Waals surface area contributed by atoms with Crippen molar-refractivity contribution in [3.05, 3.63) is 103 Å². The Kier molecular flexibility index (Phi) is 5.73. The molecule has 6 rings (SSSR count). The van der Waals surface area contributed by atoms with Gasteiger partial charge in [-0.1, -0.05) is 60.7 Å². The lowest BCUT2D eigenvalue weighted by molar-refractivity contribution is 0.356. The summed E-state index contributed by atoms with van der Waals surface area (Å²) in [6.07, 6.45) is 0. The van der Waals surface area contributed by atoms with Crippen LogP contribution < -0.4 is 14.2 Å². The molecule has 0 radical (unpaired) electrons. The van der Waals surface area contributed by atoms with E-state index >= 15 is 0 Å². The third-order valence-corrected chi connectivity index (χ3v) is 6.71. The zero-order chi connectivity index (χ0) is 25.4. The van der Waals surface area contributed by atoms with E-state index in [1.54, 1.807) is 21.3 Å². The van der Waals surface area contributed by atoms with Crippen LogP contribution in [-0.2, 0) is 0 Å². The van der Waals surface area contributed by atoms with E-state index in [1.807, 2.05) is 65.3 Å². The number of ether oxygens (including phenoxy) is 3. The summed E-state index contributed by atoms with van der Waals surface area (Å²) in [5, 5.41) is 8.35. The number of methoxy groups -OCH3 is 3. The molecule has 0 saturated heterocycles. The fourth-order valence-corrected chi connectivity index (χ4v) is 4.92. The number of aromatic nitrogens is 2. The fourth-order valence-electron chi connectivity index (χ4n) is 4.92. The number of rotatable bonds is 6. The molecule has 1 aromatic heterocycles. The van der Waals surface area contributed by atoms with Crippen LogP contribution in [0.2, 0.25) is 0 Å². The number of benzene rings is 5. The van der Waals surface area contributed by atoms with Gasteiger partial charge in [0.1, 0.15) is 11.4 Å². The average molecular weight is 487 g/mol. The first-order valence-electron chi connectivity index (χ1n) is 12.1. The molecular formula is C32H26N2O3. The highest BCUT2D eigenvalue weighted by Gasteiger charge is 2.22. The molecule has 0 saturated carbocycles. The molecule has 1 heterocycles. The van der Waals surface area contributed by atoms with E-state index in [2.05, 4.69) is 42.5 Å². The van der Waals surface area contributed by atoms with E-state index < -0.39 is 0 Å². The van der Waals surface area contributed by atoms with Gasteiger partial charge in [0.05, 0.1) is 32.5 Å². The van der Waals surface area contributed by atoms with Crippen molar-refractivity contribution in [3.63, 3.8) is 0 Å². The van der Waals surface area contributed by atoms with Gasteiger partial charge in [0.15, 0.2) is 11.5 Å². The number of fused-ring (bicyclic) bond motifs is 3. The van der Waals surface area contributed by atoms with E-state index in [0.717, 1.165) is 55.5 Å². The second-order valence-corrected chi connectivity index (χ2v) is 8.77. The highest BCUT2D eigenvalue weighted by molar-refractivity contribution is 6.17. The predicted octanol–water partition coefficient (Wildman–Crippen LogP) is 7.54. The summed E-state index contributed by atoms with van der Waals surface area (Å²) >= 11 is 0. The van der Waals surface area contributed by atoms with Gasteiger partial charge >= 0.3 is 0 Å². The Morgan fingerprint density at radius 1 is 0.622 bits per heavy atom. The van der Waals surface area contributed by atoms with Gasteiger partial charge in [-0.3, -0.25) is 0 Å². The standard InChI is InChI=1S/C32H26N2O3/c1-35-25-16-14-21(15-17-25)26-18-23-19-28(36-2)29(37-3)20-27(23)32-30(26)31(22-10-6-4-7-11-22)33-34(32)24-12-8-5-9-13-24/h4-20H,1-3H3. The van der Waals surface area contributed by atoms with Crippen molar-refractivity contribution >= 4 is 21.7 Å². The van der Waals surface area contributed by atoms with E-state index in [1.165, 1.54) is 0 Å². The quantitative estimate of drug-likeness (QED) is 0.244. The second kappa shape index (κ2) is 9.36. The molecule has 0 unspecified atom stereocenters. The SMILES string of the molecule is COc1ccc(-c2cc3cc(OC)c(OC)cc3c3c2c(-c2ccccc2)nn3-c2ccccc2)cc1. The van der Waals surface area contributed by atoms with Crippen LogP contribution in [0.4, 0.5) is 0 Å². The van der Waals surface area contributed by atoms with Crippen molar-refractivity contribution in [2.24, 2.45) is 0 Å². The summed E-state index contributed by atoms with van der Waals surface area (Å²) in [6.45, 7) is 0. The fraction of sp³-hybridized carbons (Fsp3) is 0.0938. The minimum Gasteiger partial charge on any atom is -0.497 e. The second-order valence-electron chi connectivity index (χ2n) is 8.77. The van der Waals surface area contributed by atoms with Crippen molar-refractivity contribution in [1.29, 1.82) is 0 Å². The van der Waals surface area contributed by atoms with Gasteiger partial charge < -0.3 is 14.2 Å². The Bertz CT molecular complexity index is 1710. The molecule has 6 aromatic rings.